The van der Waals surface area contributed by atoms with Crippen molar-refractivity contribution >= 4 is 11.3 Å². The Labute approximate surface area is 122 Å². The summed E-state index contributed by atoms with van der Waals surface area (Å²) in [4.78, 5) is 5.61. The van der Waals surface area contributed by atoms with E-state index in [1.54, 1.807) is 0 Å². The summed E-state index contributed by atoms with van der Waals surface area (Å²) in [5.41, 5.74) is 0.389. The van der Waals surface area contributed by atoms with E-state index < -0.39 is 0 Å². The predicted octanol–water partition coefficient (Wildman–Crippen LogP) is 3.87. The maximum atomic E-state index is 3.52. The zero-order valence-corrected chi connectivity index (χ0v) is 13.6. The van der Waals surface area contributed by atoms with Crippen LogP contribution in [0.3, 0.4) is 0 Å². The molecule has 1 N–H and O–H groups in total. The summed E-state index contributed by atoms with van der Waals surface area (Å²) in [6.07, 6.45) is 2.68. The van der Waals surface area contributed by atoms with Crippen LogP contribution in [-0.2, 0) is 13.1 Å². The molecule has 1 aliphatic rings. The molecule has 1 fully saturated rings. The fraction of sp³-hybridized carbons (Fsp3) is 0.750. The molecular formula is C16H28N2S. The third-order valence-electron chi connectivity index (χ3n) is 3.99. The Morgan fingerprint density at radius 2 is 2.05 bits per heavy atom. The summed E-state index contributed by atoms with van der Waals surface area (Å²) in [5.74, 6) is 0.727. The molecule has 0 aromatic carbocycles. The van der Waals surface area contributed by atoms with E-state index in [0.717, 1.165) is 25.6 Å². The van der Waals surface area contributed by atoms with Crippen LogP contribution in [-0.4, -0.2) is 23.5 Å². The average molecular weight is 280 g/mol. The molecule has 0 unspecified atom stereocenters. The molecule has 0 saturated carbocycles. The summed E-state index contributed by atoms with van der Waals surface area (Å²) >= 11 is 1.97. The minimum atomic E-state index is 0.389. The van der Waals surface area contributed by atoms with Crippen molar-refractivity contribution in [1.82, 2.24) is 10.2 Å². The van der Waals surface area contributed by atoms with E-state index in [4.69, 9.17) is 0 Å². The number of hydrogen-bond donors (Lipinski definition) is 1. The van der Waals surface area contributed by atoms with Crippen molar-refractivity contribution < 1.29 is 0 Å². The van der Waals surface area contributed by atoms with Gasteiger partial charge in [0.05, 0.1) is 0 Å². The van der Waals surface area contributed by atoms with Crippen LogP contribution in [0.4, 0.5) is 0 Å². The number of nitrogens with one attached hydrogen (secondary N) is 1. The van der Waals surface area contributed by atoms with Crippen LogP contribution in [0.1, 0.15) is 50.3 Å². The van der Waals surface area contributed by atoms with Gasteiger partial charge in [0.1, 0.15) is 0 Å². The largest absolute Gasteiger partial charge is 0.312 e. The Morgan fingerprint density at radius 1 is 1.32 bits per heavy atom. The van der Waals surface area contributed by atoms with Crippen LogP contribution in [0.25, 0.3) is 0 Å². The Morgan fingerprint density at radius 3 is 2.68 bits per heavy atom. The molecule has 0 amide bonds. The fourth-order valence-electron chi connectivity index (χ4n) is 2.73. The van der Waals surface area contributed by atoms with Gasteiger partial charge < -0.3 is 5.32 Å². The number of nitrogens with zero attached hydrogens (tertiary/aromatic N) is 1. The maximum Gasteiger partial charge on any atom is 0.0333 e. The highest BCUT2D eigenvalue weighted by Gasteiger charge is 2.31. The van der Waals surface area contributed by atoms with Crippen molar-refractivity contribution in [2.24, 2.45) is 5.92 Å². The number of thiophene rings is 1. The lowest BCUT2D eigenvalue weighted by Crippen LogP contribution is -2.37. The van der Waals surface area contributed by atoms with Gasteiger partial charge in [-0.15, -0.1) is 11.3 Å². The average Bonchev–Trinajstić information content (AvgIpc) is 2.87. The van der Waals surface area contributed by atoms with Gasteiger partial charge in [0.15, 0.2) is 0 Å². The molecule has 0 radical (unpaired) electrons. The van der Waals surface area contributed by atoms with Gasteiger partial charge in [0, 0.05) is 28.4 Å². The molecule has 1 saturated heterocycles. The lowest BCUT2D eigenvalue weighted by atomic mass is 10.0. The van der Waals surface area contributed by atoms with Gasteiger partial charge in [-0.3, -0.25) is 4.90 Å². The lowest BCUT2D eigenvalue weighted by molar-refractivity contribution is 0.168. The molecule has 0 bridgehead atoms. The van der Waals surface area contributed by atoms with Crippen LogP contribution in [0.15, 0.2) is 12.1 Å². The molecule has 0 atom stereocenters. The van der Waals surface area contributed by atoms with Gasteiger partial charge in [-0.2, -0.15) is 0 Å². The quantitative estimate of drug-likeness (QED) is 0.851. The predicted molar refractivity (Wildman–Crippen MR) is 84.6 cm³/mol. The smallest absolute Gasteiger partial charge is 0.0333 e. The molecule has 19 heavy (non-hydrogen) atoms. The second-order valence-corrected chi connectivity index (χ2v) is 7.98. The molecule has 108 valence electrons. The second kappa shape index (κ2) is 6.38. The molecule has 2 heterocycles. The van der Waals surface area contributed by atoms with Crippen LogP contribution in [0, 0.1) is 5.92 Å². The minimum absolute atomic E-state index is 0.389. The number of hydrogen-bond acceptors (Lipinski definition) is 3. The van der Waals surface area contributed by atoms with Gasteiger partial charge >= 0.3 is 0 Å². The van der Waals surface area contributed by atoms with E-state index in [1.165, 1.54) is 29.1 Å². The first-order chi connectivity index (χ1) is 8.97. The Balaban J connectivity index is 1.84. The van der Waals surface area contributed by atoms with Crippen LogP contribution in [0.5, 0.6) is 0 Å². The zero-order chi connectivity index (χ0) is 13.9. The number of likely N-dealkylation sites (tertiary alicyclic amines) is 1. The summed E-state index contributed by atoms with van der Waals surface area (Å²) in [6.45, 7) is 13.8. The van der Waals surface area contributed by atoms with Crippen molar-refractivity contribution in [3.63, 3.8) is 0 Å². The Hall–Kier alpha value is -0.380. The maximum absolute atomic E-state index is 3.52. The van der Waals surface area contributed by atoms with E-state index in [0.29, 0.717) is 5.54 Å². The molecule has 1 aromatic heterocycles. The van der Waals surface area contributed by atoms with E-state index in [1.807, 2.05) is 11.3 Å². The van der Waals surface area contributed by atoms with Crippen molar-refractivity contribution in [3.05, 3.63) is 21.9 Å². The van der Waals surface area contributed by atoms with Crippen molar-refractivity contribution in [3.8, 4) is 0 Å². The molecule has 2 nitrogen and oxygen atoms in total. The van der Waals surface area contributed by atoms with Crippen molar-refractivity contribution in [2.75, 3.05) is 13.1 Å². The van der Waals surface area contributed by atoms with Crippen LogP contribution < -0.4 is 5.32 Å². The standard InChI is InChI=1S/C16H28N2S/c1-13(2)10-17-11-14-6-7-15(19-14)12-18-9-5-8-16(18,3)4/h6-7,13,17H,5,8-12H2,1-4H3. The topological polar surface area (TPSA) is 15.3 Å². The first-order valence-corrected chi connectivity index (χ1v) is 8.32. The highest BCUT2D eigenvalue weighted by atomic mass is 32.1. The fourth-order valence-corrected chi connectivity index (χ4v) is 3.73. The SMILES string of the molecule is CC(C)CNCc1ccc(CN2CCCC2(C)C)s1. The molecular weight excluding hydrogens is 252 g/mol. The van der Waals surface area contributed by atoms with Gasteiger partial charge in [-0.25, -0.2) is 0 Å². The first-order valence-electron chi connectivity index (χ1n) is 7.51. The second-order valence-electron chi connectivity index (χ2n) is 6.73. The highest BCUT2D eigenvalue weighted by molar-refractivity contribution is 7.11. The highest BCUT2D eigenvalue weighted by Crippen LogP contribution is 2.31. The van der Waals surface area contributed by atoms with E-state index in [9.17, 15) is 0 Å². The van der Waals surface area contributed by atoms with Gasteiger partial charge in [-0.1, -0.05) is 13.8 Å². The molecule has 1 aromatic rings. The molecule has 2 rings (SSSR count). The number of rotatable bonds is 6. The van der Waals surface area contributed by atoms with Crippen LogP contribution in [0.2, 0.25) is 0 Å². The van der Waals surface area contributed by atoms with E-state index >= 15 is 0 Å². The summed E-state index contributed by atoms with van der Waals surface area (Å²) in [5, 5.41) is 3.52. The third-order valence-corrected chi connectivity index (χ3v) is 5.06. The normalized spacial score (nSPS) is 19.4. The van der Waals surface area contributed by atoms with Gasteiger partial charge in [0.2, 0.25) is 0 Å². The lowest BCUT2D eigenvalue weighted by Gasteiger charge is -2.31. The van der Waals surface area contributed by atoms with E-state index in [-0.39, 0.29) is 0 Å². The summed E-state index contributed by atoms with van der Waals surface area (Å²) in [7, 11) is 0. The van der Waals surface area contributed by atoms with E-state index in [2.05, 4.69) is 50.0 Å². The zero-order valence-electron chi connectivity index (χ0n) is 12.8. The molecule has 0 aliphatic carbocycles. The third kappa shape index (κ3) is 4.30. The monoisotopic (exact) mass is 280 g/mol. The summed E-state index contributed by atoms with van der Waals surface area (Å²) in [6, 6.07) is 4.60. The van der Waals surface area contributed by atoms with Gasteiger partial charge in [-0.05, 0) is 57.8 Å². The van der Waals surface area contributed by atoms with Gasteiger partial charge in [0.25, 0.3) is 0 Å². The van der Waals surface area contributed by atoms with Crippen LogP contribution >= 0.6 is 11.3 Å². The molecule has 3 heteroatoms. The summed E-state index contributed by atoms with van der Waals surface area (Å²) < 4.78 is 0. The Kier molecular flexibility index (Phi) is 5.04. The van der Waals surface area contributed by atoms with Crippen molar-refractivity contribution in [1.29, 1.82) is 0 Å². The first kappa shape index (κ1) is 15.0. The van der Waals surface area contributed by atoms with Crippen molar-refractivity contribution in [2.45, 2.75) is 59.2 Å². The molecule has 1 aliphatic heterocycles. The minimum Gasteiger partial charge on any atom is -0.312 e. The Bertz CT molecular complexity index is 395. The molecule has 0 spiro atoms.